The third-order valence-corrected chi connectivity index (χ3v) is 4.92. The third kappa shape index (κ3) is 3.36. The summed E-state index contributed by atoms with van der Waals surface area (Å²) < 4.78 is 23.4. The lowest BCUT2D eigenvalue weighted by atomic mass is 10.1. The Morgan fingerprint density at radius 3 is 2.57 bits per heavy atom. The fourth-order valence-corrected chi connectivity index (χ4v) is 3.23. The van der Waals surface area contributed by atoms with Gasteiger partial charge in [0.15, 0.2) is 9.84 Å². The molecule has 1 aliphatic rings. The van der Waals surface area contributed by atoms with Crippen LogP contribution in [0.15, 0.2) is 23.1 Å². The third-order valence-electron chi connectivity index (χ3n) is 3.83. The van der Waals surface area contributed by atoms with Gasteiger partial charge in [0.25, 0.3) is 0 Å². The number of hydrogen-bond acceptors (Lipinski definition) is 5. The zero-order valence-corrected chi connectivity index (χ0v) is 13.4. The van der Waals surface area contributed by atoms with Gasteiger partial charge in [-0.15, -0.1) is 0 Å². The van der Waals surface area contributed by atoms with Crippen molar-refractivity contribution in [2.24, 2.45) is 0 Å². The van der Waals surface area contributed by atoms with Gasteiger partial charge in [-0.1, -0.05) is 6.92 Å². The molecule has 2 N–H and O–H groups in total. The van der Waals surface area contributed by atoms with Crippen LogP contribution in [-0.4, -0.2) is 51.7 Å². The largest absolute Gasteiger partial charge is 0.399 e. The van der Waals surface area contributed by atoms with E-state index in [9.17, 15) is 13.2 Å². The molecular formula is C14H21N3O3S. The Kier molecular flexibility index (Phi) is 4.25. The Hall–Kier alpha value is -1.60. The molecule has 0 aliphatic carbocycles. The summed E-state index contributed by atoms with van der Waals surface area (Å²) in [6.07, 6.45) is 2.05. The van der Waals surface area contributed by atoms with Crippen LogP contribution in [0.25, 0.3) is 0 Å². The molecule has 21 heavy (non-hydrogen) atoms. The zero-order chi connectivity index (χ0) is 15.8. The molecule has 0 aromatic heterocycles. The van der Waals surface area contributed by atoms with Crippen molar-refractivity contribution in [3.8, 4) is 0 Å². The number of nitrogen functional groups attached to an aromatic ring is 1. The van der Waals surface area contributed by atoms with Crippen LogP contribution in [0.4, 0.5) is 11.4 Å². The Morgan fingerprint density at radius 2 is 2.00 bits per heavy atom. The van der Waals surface area contributed by atoms with Crippen molar-refractivity contribution in [3.63, 3.8) is 0 Å². The number of benzene rings is 1. The lowest BCUT2D eigenvalue weighted by molar-refractivity contribution is -0.121. The highest BCUT2D eigenvalue weighted by atomic mass is 32.2. The van der Waals surface area contributed by atoms with Crippen molar-refractivity contribution in [2.75, 3.05) is 37.0 Å². The van der Waals surface area contributed by atoms with E-state index >= 15 is 0 Å². The van der Waals surface area contributed by atoms with Crippen LogP contribution in [0, 0.1) is 0 Å². The number of sulfone groups is 1. The van der Waals surface area contributed by atoms with E-state index in [1.54, 1.807) is 11.0 Å². The van der Waals surface area contributed by atoms with Gasteiger partial charge >= 0.3 is 0 Å². The Labute approximate surface area is 125 Å². The average Bonchev–Trinajstić information content (AvgIpc) is 2.37. The molecule has 0 spiro atoms. The second-order valence-electron chi connectivity index (χ2n) is 5.51. The molecule has 0 saturated carbocycles. The highest BCUT2D eigenvalue weighted by Gasteiger charge is 2.30. The number of rotatable bonds is 3. The molecular weight excluding hydrogens is 290 g/mol. The van der Waals surface area contributed by atoms with Gasteiger partial charge in [0.2, 0.25) is 5.91 Å². The smallest absolute Gasteiger partial charge is 0.241 e. The summed E-state index contributed by atoms with van der Waals surface area (Å²) in [7, 11) is -1.44. The number of anilines is 2. The minimum absolute atomic E-state index is 0.0488. The number of carbonyl (C=O) groups is 1. The van der Waals surface area contributed by atoms with Crippen LogP contribution >= 0.6 is 0 Å². The van der Waals surface area contributed by atoms with Crippen LogP contribution in [0.1, 0.15) is 13.3 Å². The van der Waals surface area contributed by atoms with Gasteiger partial charge in [-0.05, 0) is 31.7 Å². The molecule has 1 heterocycles. The number of piperazine rings is 1. The van der Waals surface area contributed by atoms with E-state index in [-0.39, 0.29) is 16.8 Å². The van der Waals surface area contributed by atoms with Crippen LogP contribution < -0.4 is 10.6 Å². The quantitative estimate of drug-likeness (QED) is 0.832. The first-order chi connectivity index (χ1) is 9.72. The number of likely N-dealkylation sites (N-methyl/N-ethyl adjacent to an activating group) is 1. The zero-order valence-electron chi connectivity index (χ0n) is 12.5. The highest BCUT2D eigenvalue weighted by molar-refractivity contribution is 7.90. The second-order valence-corrected chi connectivity index (χ2v) is 7.53. The standard InChI is InChI=1S/C14H21N3O3S/c1-4-11-8-17(14(18)9-16(11)2)12-5-10(15)6-13(7-12)21(3,19)20/h5-7,11H,4,8-9,15H2,1-3H3. The van der Waals surface area contributed by atoms with Crippen LogP contribution in [0.5, 0.6) is 0 Å². The summed E-state index contributed by atoms with van der Waals surface area (Å²) in [4.78, 5) is 16.0. The van der Waals surface area contributed by atoms with Gasteiger partial charge in [0.05, 0.1) is 11.4 Å². The van der Waals surface area contributed by atoms with Crippen LogP contribution in [0.3, 0.4) is 0 Å². The molecule has 1 saturated heterocycles. The van der Waals surface area contributed by atoms with Crippen molar-refractivity contribution < 1.29 is 13.2 Å². The molecule has 1 fully saturated rings. The minimum Gasteiger partial charge on any atom is -0.399 e. The number of nitrogens with two attached hydrogens (primary N) is 1. The van der Waals surface area contributed by atoms with Gasteiger partial charge in [-0.2, -0.15) is 0 Å². The first-order valence-corrected chi connectivity index (χ1v) is 8.72. The minimum atomic E-state index is -3.36. The SMILES string of the molecule is CCC1CN(c2cc(N)cc(S(C)(=O)=O)c2)C(=O)CN1C. The molecule has 1 unspecified atom stereocenters. The summed E-state index contributed by atoms with van der Waals surface area (Å²) in [5.74, 6) is -0.0488. The summed E-state index contributed by atoms with van der Waals surface area (Å²) in [6.45, 7) is 2.93. The molecule has 2 rings (SSSR count). The number of carbonyl (C=O) groups excluding carboxylic acids is 1. The van der Waals surface area contributed by atoms with Crippen LogP contribution in [-0.2, 0) is 14.6 Å². The summed E-state index contributed by atoms with van der Waals surface area (Å²) in [6, 6.07) is 4.83. The van der Waals surface area contributed by atoms with E-state index in [2.05, 4.69) is 6.92 Å². The van der Waals surface area contributed by atoms with E-state index in [1.165, 1.54) is 12.1 Å². The number of amides is 1. The van der Waals surface area contributed by atoms with E-state index in [0.717, 1.165) is 12.7 Å². The first-order valence-electron chi connectivity index (χ1n) is 6.83. The lowest BCUT2D eigenvalue weighted by Crippen LogP contribution is -2.54. The van der Waals surface area contributed by atoms with Crippen molar-refractivity contribution in [3.05, 3.63) is 18.2 Å². The Bertz CT molecular complexity index is 657. The van der Waals surface area contributed by atoms with Gasteiger partial charge in [-0.25, -0.2) is 8.42 Å². The Morgan fingerprint density at radius 1 is 1.33 bits per heavy atom. The molecule has 7 heteroatoms. The van der Waals surface area contributed by atoms with Gasteiger partial charge < -0.3 is 10.6 Å². The van der Waals surface area contributed by atoms with Crippen molar-refractivity contribution >= 4 is 27.1 Å². The second kappa shape index (κ2) is 5.65. The molecule has 116 valence electrons. The predicted molar refractivity (Wildman–Crippen MR) is 83.0 cm³/mol. The maximum Gasteiger partial charge on any atom is 0.241 e. The van der Waals surface area contributed by atoms with E-state index in [1.807, 2.05) is 11.9 Å². The van der Waals surface area contributed by atoms with Gasteiger partial charge in [0, 0.05) is 30.2 Å². The molecule has 1 aliphatic heterocycles. The van der Waals surface area contributed by atoms with E-state index < -0.39 is 9.84 Å². The monoisotopic (exact) mass is 311 g/mol. The molecule has 1 amide bonds. The fraction of sp³-hybridized carbons (Fsp3) is 0.500. The fourth-order valence-electron chi connectivity index (χ4n) is 2.55. The molecule has 1 aromatic rings. The maximum absolute atomic E-state index is 12.2. The van der Waals surface area contributed by atoms with Crippen LogP contribution in [0.2, 0.25) is 0 Å². The van der Waals surface area contributed by atoms with Crippen molar-refractivity contribution in [2.45, 2.75) is 24.3 Å². The molecule has 1 atom stereocenters. The first kappa shape index (κ1) is 15.8. The number of nitrogens with zero attached hydrogens (tertiary/aromatic N) is 2. The normalized spacial score (nSPS) is 20.8. The predicted octanol–water partition coefficient (Wildman–Crippen LogP) is 0.729. The highest BCUT2D eigenvalue weighted by Crippen LogP contribution is 2.26. The van der Waals surface area contributed by atoms with Crippen molar-refractivity contribution in [1.82, 2.24) is 4.90 Å². The van der Waals surface area contributed by atoms with E-state index in [0.29, 0.717) is 24.5 Å². The molecule has 0 radical (unpaired) electrons. The summed E-state index contributed by atoms with van der Waals surface area (Å²) >= 11 is 0. The van der Waals surface area contributed by atoms with Gasteiger partial charge in [0.1, 0.15) is 0 Å². The van der Waals surface area contributed by atoms with Crippen molar-refractivity contribution in [1.29, 1.82) is 0 Å². The summed E-state index contributed by atoms with van der Waals surface area (Å²) in [5, 5.41) is 0. The summed E-state index contributed by atoms with van der Waals surface area (Å²) in [5.41, 5.74) is 6.68. The average molecular weight is 311 g/mol. The number of hydrogen-bond donors (Lipinski definition) is 1. The molecule has 0 bridgehead atoms. The topological polar surface area (TPSA) is 83.7 Å². The lowest BCUT2D eigenvalue weighted by Gasteiger charge is -2.38. The maximum atomic E-state index is 12.2. The molecule has 1 aromatic carbocycles. The van der Waals surface area contributed by atoms with E-state index in [4.69, 9.17) is 5.73 Å². The molecule has 6 nitrogen and oxygen atoms in total. The van der Waals surface area contributed by atoms with Gasteiger partial charge in [-0.3, -0.25) is 9.69 Å². The Balaban J connectivity index is 2.41.